The number of hydrogen-bond acceptors (Lipinski definition) is 6. The molecule has 2 fully saturated rings. The Morgan fingerprint density at radius 2 is 1.62 bits per heavy atom. The Hall–Kier alpha value is -3.17. The van der Waals surface area contributed by atoms with Gasteiger partial charge in [-0.25, -0.2) is 0 Å². The molecule has 2 aromatic carbocycles. The molecular formula is C30H40N4O4S. The number of benzene rings is 2. The number of ether oxygens (including phenoxy) is 2. The van der Waals surface area contributed by atoms with Gasteiger partial charge in [-0.1, -0.05) is 13.8 Å². The predicted molar refractivity (Wildman–Crippen MR) is 159 cm³/mol. The molecule has 0 aromatic heterocycles. The molecule has 8 nitrogen and oxygen atoms in total. The molecular weight excluding hydrogens is 512 g/mol. The number of nitrogens with zero attached hydrogens (tertiary/aromatic N) is 3. The number of anilines is 2. The topological polar surface area (TPSA) is 74.3 Å². The van der Waals surface area contributed by atoms with Crippen LogP contribution in [0.3, 0.4) is 0 Å². The Balaban J connectivity index is 1.47. The number of carbonyl (C=O) groups excluding carboxylic acids is 2. The standard InChI is InChI=1S/C30H40N4O4S/c1-4-20-38-26-10-6-23(7-11-26)31-28(35)21-27-29(36)34(24-8-12-25(13-9-24)37-5-2)30(39)33(27)19-18-32-16-14-22(3)15-17-32/h6-13,22,27H,4-5,14-21H2,1-3H3,(H,31,35). The molecule has 2 amide bonds. The van der Waals surface area contributed by atoms with Gasteiger partial charge in [-0.2, -0.15) is 0 Å². The summed E-state index contributed by atoms with van der Waals surface area (Å²) in [6.07, 6.45) is 3.29. The molecule has 0 saturated carbocycles. The van der Waals surface area contributed by atoms with Crippen molar-refractivity contribution in [2.24, 2.45) is 5.92 Å². The quantitative estimate of drug-likeness (QED) is 0.374. The van der Waals surface area contributed by atoms with Crippen LogP contribution < -0.4 is 19.7 Å². The van der Waals surface area contributed by atoms with E-state index in [4.69, 9.17) is 21.7 Å². The molecule has 0 spiro atoms. The van der Waals surface area contributed by atoms with Gasteiger partial charge >= 0.3 is 0 Å². The number of rotatable bonds is 12. The lowest BCUT2D eigenvalue weighted by atomic mass is 9.99. The van der Waals surface area contributed by atoms with Gasteiger partial charge in [0.2, 0.25) is 5.91 Å². The average Bonchev–Trinajstić information content (AvgIpc) is 3.16. The Labute approximate surface area is 237 Å². The van der Waals surface area contributed by atoms with Gasteiger partial charge in [0.1, 0.15) is 17.5 Å². The molecule has 210 valence electrons. The van der Waals surface area contributed by atoms with E-state index in [1.54, 1.807) is 4.90 Å². The maximum absolute atomic E-state index is 13.7. The van der Waals surface area contributed by atoms with Crippen molar-refractivity contribution in [3.8, 4) is 11.5 Å². The van der Waals surface area contributed by atoms with Crippen LogP contribution in [0.25, 0.3) is 0 Å². The van der Waals surface area contributed by atoms with E-state index < -0.39 is 6.04 Å². The summed E-state index contributed by atoms with van der Waals surface area (Å²) in [5, 5.41) is 3.37. The van der Waals surface area contributed by atoms with Crippen LogP contribution in [0.5, 0.6) is 11.5 Å². The highest BCUT2D eigenvalue weighted by atomic mass is 32.1. The highest BCUT2D eigenvalue weighted by molar-refractivity contribution is 7.80. The van der Waals surface area contributed by atoms with Gasteiger partial charge in [0.05, 0.1) is 25.3 Å². The summed E-state index contributed by atoms with van der Waals surface area (Å²) in [7, 11) is 0. The maximum Gasteiger partial charge on any atom is 0.256 e. The van der Waals surface area contributed by atoms with Gasteiger partial charge in [-0.3, -0.25) is 14.5 Å². The maximum atomic E-state index is 13.7. The molecule has 9 heteroatoms. The number of piperidine rings is 1. The second kappa shape index (κ2) is 13.8. The van der Waals surface area contributed by atoms with E-state index in [1.165, 1.54) is 12.8 Å². The lowest BCUT2D eigenvalue weighted by Crippen LogP contribution is -2.44. The van der Waals surface area contributed by atoms with Crippen LogP contribution in [0, 0.1) is 5.92 Å². The molecule has 1 unspecified atom stereocenters. The largest absolute Gasteiger partial charge is 0.494 e. The van der Waals surface area contributed by atoms with Crippen molar-refractivity contribution in [1.29, 1.82) is 0 Å². The Kier molecular flexibility index (Phi) is 10.2. The van der Waals surface area contributed by atoms with Gasteiger partial charge < -0.3 is 24.6 Å². The molecule has 0 bridgehead atoms. The Morgan fingerprint density at radius 3 is 2.26 bits per heavy atom. The molecule has 1 atom stereocenters. The SMILES string of the molecule is CCCOc1ccc(NC(=O)CC2C(=O)N(c3ccc(OCC)cc3)C(=S)N2CCN2CCC(C)CC2)cc1. The molecule has 2 saturated heterocycles. The minimum absolute atomic E-state index is 0.0115. The van der Waals surface area contributed by atoms with Crippen molar-refractivity contribution >= 4 is 40.5 Å². The predicted octanol–water partition coefficient (Wildman–Crippen LogP) is 4.94. The van der Waals surface area contributed by atoms with Gasteiger partial charge in [0.25, 0.3) is 5.91 Å². The summed E-state index contributed by atoms with van der Waals surface area (Å²) in [6, 6.07) is 14.0. The van der Waals surface area contributed by atoms with Crippen LogP contribution in [0.2, 0.25) is 0 Å². The minimum Gasteiger partial charge on any atom is -0.494 e. The molecule has 2 aliphatic heterocycles. The number of hydrogen-bond donors (Lipinski definition) is 1. The summed E-state index contributed by atoms with van der Waals surface area (Å²) >= 11 is 5.84. The first-order valence-corrected chi connectivity index (χ1v) is 14.4. The van der Waals surface area contributed by atoms with Gasteiger partial charge in [-0.05, 0) is 106 Å². The highest BCUT2D eigenvalue weighted by Crippen LogP contribution is 2.29. The van der Waals surface area contributed by atoms with Crippen molar-refractivity contribution in [3.05, 3.63) is 48.5 Å². The zero-order valence-electron chi connectivity index (χ0n) is 23.2. The molecule has 4 rings (SSSR count). The number of nitrogens with one attached hydrogen (secondary N) is 1. The summed E-state index contributed by atoms with van der Waals surface area (Å²) in [5.41, 5.74) is 1.34. The molecule has 1 N–H and O–H groups in total. The first-order valence-electron chi connectivity index (χ1n) is 14.0. The summed E-state index contributed by atoms with van der Waals surface area (Å²) in [4.78, 5) is 32.7. The van der Waals surface area contributed by atoms with Crippen LogP contribution >= 0.6 is 12.2 Å². The second-order valence-electron chi connectivity index (χ2n) is 10.2. The first kappa shape index (κ1) is 28.8. The molecule has 39 heavy (non-hydrogen) atoms. The van der Waals surface area contributed by atoms with Crippen LogP contribution in [-0.2, 0) is 9.59 Å². The normalized spacial score (nSPS) is 18.5. The lowest BCUT2D eigenvalue weighted by molar-refractivity contribution is -0.124. The third-order valence-electron chi connectivity index (χ3n) is 7.25. The second-order valence-corrected chi connectivity index (χ2v) is 10.6. The first-order chi connectivity index (χ1) is 18.9. The fourth-order valence-electron chi connectivity index (χ4n) is 4.96. The van der Waals surface area contributed by atoms with E-state index in [1.807, 2.05) is 60.4 Å². The van der Waals surface area contributed by atoms with E-state index >= 15 is 0 Å². The number of amides is 2. The van der Waals surface area contributed by atoms with Crippen LogP contribution in [0.1, 0.15) is 46.5 Å². The molecule has 2 aromatic rings. The Morgan fingerprint density at radius 1 is 0.974 bits per heavy atom. The van der Waals surface area contributed by atoms with E-state index in [2.05, 4.69) is 24.1 Å². The van der Waals surface area contributed by atoms with Gasteiger partial charge in [-0.15, -0.1) is 0 Å². The summed E-state index contributed by atoms with van der Waals surface area (Å²) < 4.78 is 11.2. The van der Waals surface area contributed by atoms with E-state index in [0.29, 0.717) is 36.2 Å². The zero-order chi connectivity index (χ0) is 27.8. The van der Waals surface area contributed by atoms with Crippen molar-refractivity contribution < 1.29 is 19.1 Å². The van der Waals surface area contributed by atoms with Crippen molar-refractivity contribution in [1.82, 2.24) is 9.80 Å². The van der Waals surface area contributed by atoms with Crippen molar-refractivity contribution in [3.63, 3.8) is 0 Å². The molecule has 2 heterocycles. The van der Waals surface area contributed by atoms with Crippen LogP contribution in [0.15, 0.2) is 48.5 Å². The monoisotopic (exact) mass is 552 g/mol. The van der Waals surface area contributed by atoms with Crippen molar-refractivity contribution in [2.45, 2.75) is 52.5 Å². The summed E-state index contributed by atoms with van der Waals surface area (Å²) in [5.74, 6) is 1.82. The van der Waals surface area contributed by atoms with E-state index in [9.17, 15) is 9.59 Å². The molecule has 0 radical (unpaired) electrons. The van der Waals surface area contributed by atoms with E-state index in [-0.39, 0.29) is 18.2 Å². The third-order valence-corrected chi connectivity index (χ3v) is 7.66. The fourth-order valence-corrected chi connectivity index (χ4v) is 5.37. The zero-order valence-corrected chi connectivity index (χ0v) is 24.0. The lowest BCUT2D eigenvalue weighted by Gasteiger charge is -2.32. The van der Waals surface area contributed by atoms with Gasteiger partial charge in [0.15, 0.2) is 5.11 Å². The van der Waals surface area contributed by atoms with Crippen LogP contribution in [0.4, 0.5) is 11.4 Å². The third kappa shape index (κ3) is 7.48. The number of thiocarbonyl (C=S) groups is 1. The minimum atomic E-state index is -0.667. The summed E-state index contributed by atoms with van der Waals surface area (Å²) in [6.45, 7) is 11.0. The number of likely N-dealkylation sites (tertiary alicyclic amines) is 1. The molecule has 0 aliphatic carbocycles. The number of carbonyl (C=O) groups is 2. The molecule has 2 aliphatic rings. The Bertz CT molecular complexity index is 1120. The van der Waals surface area contributed by atoms with Gasteiger partial charge in [0, 0.05) is 18.8 Å². The highest BCUT2D eigenvalue weighted by Gasteiger charge is 2.44. The van der Waals surface area contributed by atoms with Crippen LogP contribution in [-0.4, -0.2) is 72.2 Å². The fraction of sp³-hybridized carbons (Fsp3) is 0.500. The average molecular weight is 553 g/mol. The van der Waals surface area contributed by atoms with E-state index in [0.717, 1.165) is 43.5 Å². The van der Waals surface area contributed by atoms with Crippen molar-refractivity contribution in [2.75, 3.05) is 49.6 Å². The smallest absolute Gasteiger partial charge is 0.256 e.